The molecule has 0 saturated carbocycles. The van der Waals surface area contributed by atoms with Gasteiger partial charge in [-0.1, -0.05) is 30.3 Å². The van der Waals surface area contributed by atoms with Crippen molar-refractivity contribution < 1.29 is 24.0 Å². The van der Waals surface area contributed by atoms with Gasteiger partial charge in [0, 0.05) is 23.9 Å². The number of hydrogen-bond donors (Lipinski definition) is 1. The number of ether oxygens (including phenoxy) is 2. The van der Waals surface area contributed by atoms with Crippen molar-refractivity contribution >= 4 is 28.8 Å². The van der Waals surface area contributed by atoms with Gasteiger partial charge in [-0.05, 0) is 35.4 Å². The predicted molar refractivity (Wildman–Crippen MR) is 125 cm³/mol. The average molecular weight is 459 g/mol. The van der Waals surface area contributed by atoms with Crippen LogP contribution in [0.3, 0.4) is 0 Å². The Morgan fingerprint density at radius 1 is 0.882 bits per heavy atom. The number of rotatable bonds is 8. The van der Waals surface area contributed by atoms with Gasteiger partial charge < -0.3 is 14.8 Å². The Hall–Kier alpha value is -4.66. The van der Waals surface area contributed by atoms with E-state index in [0.29, 0.717) is 22.7 Å². The number of non-ortho nitro benzene ring substituents is 1. The first kappa shape index (κ1) is 22.5. The molecule has 0 unspecified atom stereocenters. The zero-order chi connectivity index (χ0) is 24.2. The summed E-state index contributed by atoms with van der Waals surface area (Å²) in [6, 6.07) is 19.7. The second-order valence-corrected chi connectivity index (χ2v) is 7.43. The van der Waals surface area contributed by atoms with Crippen LogP contribution in [0.2, 0.25) is 0 Å². The minimum Gasteiger partial charge on any atom is -0.493 e. The maximum Gasteiger partial charge on any atom is 0.278 e. The molecule has 2 amide bonds. The second-order valence-electron chi connectivity index (χ2n) is 7.43. The fourth-order valence-corrected chi connectivity index (χ4v) is 3.68. The maximum atomic E-state index is 13.4. The molecule has 0 aromatic heterocycles. The Bertz CT molecular complexity index is 1290. The monoisotopic (exact) mass is 459 g/mol. The highest BCUT2D eigenvalue weighted by molar-refractivity contribution is 6.36. The first-order valence-electron chi connectivity index (χ1n) is 10.3. The number of imide groups is 1. The van der Waals surface area contributed by atoms with E-state index in [0.717, 1.165) is 10.5 Å². The normalized spacial score (nSPS) is 13.3. The smallest absolute Gasteiger partial charge is 0.278 e. The summed E-state index contributed by atoms with van der Waals surface area (Å²) in [7, 11) is 3.01. The molecule has 0 atom stereocenters. The number of amides is 2. The number of nitro benzene ring substituents is 1. The van der Waals surface area contributed by atoms with E-state index in [-0.39, 0.29) is 23.5 Å². The summed E-state index contributed by atoms with van der Waals surface area (Å²) < 4.78 is 10.6. The van der Waals surface area contributed by atoms with Crippen molar-refractivity contribution in [1.82, 2.24) is 4.90 Å². The lowest BCUT2D eigenvalue weighted by molar-refractivity contribution is -0.384. The molecule has 172 valence electrons. The molecule has 9 heteroatoms. The topological polar surface area (TPSA) is 111 Å². The van der Waals surface area contributed by atoms with E-state index < -0.39 is 16.7 Å². The van der Waals surface area contributed by atoms with Crippen molar-refractivity contribution in [2.24, 2.45) is 0 Å². The van der Waals surface area contributed by atoms with E-state index in [1.165, 1.54) is 38.5 Å². The van der Waals surface area contributed by atoms with Gasteiger partial charge in [0.25, 0.3) is 17.5 Å². The SMILES string of the molecule is COc1ccc(NC2=C(c3ccc([N+](=O)[O-])cc3)C(=O)N(Cc3ccccc3)C2=O)cc1OC. The molecule has 1 aliphatic rings. The molecule has 1 N–H and O–H groups in total. The number of nitro groups is 1. The van der Waals surface area contributed by atoms with Crippen molar-refractivity contribution in [2.45, 2.75) is 6.54 Å². The molecule has 0 aliphatic carbocycles. The van der Waals surface area contributed by atoms with Gasteiger partial charge in [-0.2, -0.15) is 0 Å². The predicted octanol–water partition coefficient (Wildman–Crippen LogP) is 4.00. The largest absolute Gasteiger partial charge is 0.493 e. The van der Waals surface area contributed by atoms with E-state index in [4.69, 9.17) is 9.47 Å². The van der Waals surface area contributed by atoms with E-state index in [2.05, 4.69) is 5.32 Å². The van der Waals surface area contributed by atoms with Crippen LogP contribution in [0.15, 0.2) is 78.5 Å². The molecular weight excluding hydrogens is 438 g/mol. The molecule has 34 heavy (non-hydrogen) atoms. The fourth-order valence-electron chi connectivity index (χ4n) is 3.68. The molecule has 0 radical (unpaired) electrons. The van der Waals surface area contributed by atoms with Gasteiger partial charge in [0.15, 0.2) is 11.5 Å². The first-order chi connectivity index (χ1) is 16.4. The van der Waals surface area contributed by atoms with Gasteiger partial charge in [-0.25, -0.2) is 0 Å². The summed E-state index contributed by atoms with van der Waals surface area (Å²) in [5, 5.41) is 14.1. The number of methoxy groups -OCH3 is 2. The van der Waals surface area contributed by atoms with E-state index in [1.54, 1.807) is 18.2 Å². The highest BCUT2D eigenvalue weighted by Crippen LogP contribution is 2.35. The lowest BCUT2D eigenvalue weighted by Crippen LogP contribution is -2.31. The van der Waals surface area contributed by atoms with Crippen LogP contribution in [0, 0.1) is 10.1 Å². The number of hydrogen-bond acceptors (Lipinski definition) is 7. The van der Waals surface area contributed by atoms with Crippen LogP contribution in [0.4, 0.5) is 11.4 Å². The average Bonchev–Trinajstić information content (AvgIpc) is 3.08. The fraction of sp³-hybridized carbons (Fsp3) is 0.120. The lowest BCUT2D eigenvalue weighted by Gasteiger charge is -2.15. The van der Waals surface area contributed by atoms with Crippen LogP contribution in [-0.2, 0) is 16.1 Å². The molecule has 3 aromatic carbocycles. The molecule has 9 nitrogen and oxygen atoms in total. The molecule has 4 rings (SSSR count). The summed E-state index contributed by atoms with van der Waals surface area (Å²) in [4.78, 5) is 38.5. The van der Waals surface area contributed by atoms with Crippen LogP contribution >= 0.6 is 0 Å². The summed E-state index contributed by atoms with van der Waals surface area (Å²) in [5.41, 5.74) is 1.78. The molecular formula is C25H21N3O6. The van der Waals surface area contributed by atoms with Crippen molar-refractivity contribution in [1.29, 1.82) is 0 Å². The Morgan fingerprint density at radius 3 is 2.18 bits per heavy atom. The van der Waals surface area contributed by atoms with E-state index in [9.17, 15) is 19.7 Å². The Balaban J connectivity index is 1.75. The standard InChI is InChI=1S/C25H21N3O6/c1-33-20-13-10-18(14-21(20)34-2)26-23-22(17-8-11-19(12-9-17)28(31)32)24(29)27(25(23)30)15-16-6-4-3-5-7-16/h3-14,26H,15H2,1-2H3. The Kier molecular flexibility index (Phi) is 6.26. The maximum absolute atomic E-state index is 13.4. The zero-order valence-corrected chi connectivity index (χ0v) is 18.5. The molecule has 1 heterocycles. The van der Waals surface area contributed by atoms with E-state index in [1.807, 2.05) is 30.3 Å². The van der Waals surface area contributed by atoms with Crippen molar-refractivity contribution in [2.75, 3.05) is 19.5 Å². The molecule has 3 aromatic rings. The van der Waals surface area contributed by atoms with Crippen molar-refractivity contribution in [3.8, 4) is 11.5 Å². The summed E-state index contributed by atoms with van der Waals surface area (Å²) in [6.45, 7) is 0.0894. The highest BCUT2D eigenvalue weighted by atomic mass is 16.6. The minimum absolute atomic E-state index is 0.0713. The number of carbonyl (C=O) groups excluding carboxylic acids is 2. The third-order valence-electron chi connectivity index (χ3n) is 5.37. The van der Waals surface area contributed by atoms with E-state index >= 15 is 0 Å². The first-order valence-corrected chi connectivity index (χ1v) is 10.3. The van der Waals surface area contributed by atoms with Crippen LogP contribution in [0.5, 0.6) is 11.5 Å². The van der Waals surface area contributed by atoms with Crippen molar-refractivity contribution in [3.05, 3.63) is 99.7 Å². The summed E-state index contributed by atoms with van der Waals surface area (Å²) >= 11 is 0. The number of nitrogens with one attached hydrogen (secondary N) is 1. The summed E-state index contributed by atoms with van der Waals surface area (Å²) in [6.07, 6.45) is 0. The lowest BCUT2D eigenvalue weighted by atomic mass is 10.0. The number of carbonyl (C=O) groups is 2. The third kappa shape index (κ3) is 4.31. The van der Waals surface area contributed by atoms with Gasteiger partial charge in [0.05, 0.1) is 31.3 Å². The second kappa shape index (κ2) is 9.45. The van der Waals surface area contributed by atoms with Crippen LogP contribution in [0.1, 0.15) is 11.1 Å². The zero-order valence-electron chi connectivity index (χ0n) is 18.5. The number of nitrogens with zero attached hydrogens (tertiary/aromatic N) is 2. The number of benzene rings is 3. The van der Waals surface area contributed by atoms with Gasteiger partial charge >= 0.3 is 0 Å². The van der Waals surface area contributed by atoms with Crippen LogP contribution in [-0.4, -0.2) is 35.9 Å². The quantitative estimate of drug-likeness (QED) is 0.308. The highest BCUT2D eigenvalue weighted by Gasteiger charge is 2.39. The van der Waals surface area contributed by atoms with Crippen LogP contribution in [0.25, 0.3) is 5.57 Å². The minimum atomic E-state index is -0.524. The van der Waals surface area contributed by atoms with Crippen LogP contribution < -0.4 is 14.8 Å². The molecule has 0 spiro atoms. The number of anilines is 1. The van der Waals surface area contributed by atoms with Gasteiger partial charge in [0.1, 0.15) is 5.70 Å². The molecule has 1 aliphatic heterocycles. The Labute approximate surface area is 195 Å². The van der Waals surface area contributed by atoms with Gasteiger partial charge in [-0.3, -0.25) is 24.6 Å². The molecule has 0 saturated heterocycles. The third-order valence-corrected chi connectivity index (χ3v) is 5.37. The van der Waals surface area contributed by atoms with Gasteiger partial charge in [0.2, 0.25) is 0 Å². The summed E-state index contributed by atoms with van der Waals surface area (Å²) in [5.74, 6) is -0.0391. The van der Waals surface area contributed by atoms with Crippen molar-refractivity contribution in [3.63, 3.8) is 0 Å². The molecule has 0 bridgehead atoms. The van der Waals surface area contributed by atoms with Gasteiger partial charge in [-0.15, -0.1) is 0 Å². The Morgan fingerprint density at radius 2 is 1.56 bits per heavy atom. The molecule has 0 fully saturated rings.